The molecule has 0 radical (unpaired) electrons. The molecule has 0 N–H and O–H groups in total. The Balaban J connectivity index is 2.48. The summed E-state index contributed by atoms with van der Waals surface area (Å²) in [5.41, 5.74) is 0. The number of hydrogen-bond acceptors (Lipinski definition) is 0. The van der Waals surface area contributed by atoms with Crippen molar-refractivity contribution in [2.45, 2.75) is 14.8 Å². The monoisotopic (exact) mass is 342 g/mol. The van der Waals surface area contributed by atoms with E-state index in [0.717, 1.165) is 0 Å². The summed E-state index contributed by atoms with van der Waals surface area (Å²) in [5.74, 6) is 0. The first-order valence-corrected chi connectivity index (χ1v) is 16.5. The molecule has 0 atom stereocenters. The van der Waals surface area contributed by atoms with E-state index in [4.69, 9.17) is 0 Å². The van der Waals surface area contributed by atoms with Crippen molar-refractivity contribution in [1.82, 2.24) is 0 Å². The third kappa shape index (κ3) is 1.93. The van der Waals surface area contributed by atoms with E-state index in [-0.39, 0.29) is 0 Å². The van der Waals surface area contributed by atoms with Crippen molar-refractivity contribution in [2.24, 2.45) is 0 Å². The van der Waals surface area contributed by atoms with Gasteiger partial charge in [0, 0.05) is 0 Å². The molecule has 0 spiro atoms. The Morgan fingerprint density at radius 1 is 0.611 bits per heavy atom. The van der Waals surface area contributed by atoms with Crippen LogP contribution in [0.2, 0.25) is 14.8 Å². The standard InChI is InChI=1S/C14H9.3CH3.Sn/c1-3-7-13-11(5-1)9-10-12-6-2-4-8-14(12)13;;;;/h1-5,7-10H;3*1H3;. The van der Waals surface area contributed by atoms with Crippen LogP contribution in [-0.2, 0) is 0 Å². The van der Waals surface area contributed by atoms with Crippen molar-refractivity contribution in [3.05, 3.63) is 54.6 Å². The maximum atomic E-state index is 2.48. The number of hydrogen-bond donors (Lipinski definition) is 0. The molecule has 0 saturated carbocycles. The van der Waals surface area contributed by atoms with E-state index >= 15 is 0 Å². The zero-order valence-electron chi connectivity index (χ0n) is 11.2. The van der Waals surface area contributed by atoms with Gasteiger partial charge in [-0.3, -0.25) is 0 Å². The van der Waals surface area contributed by atoms with Gasteiger partial charge >= 0.3 is 113 Å². The second-order valence-corrected chi connectivity index (χ2v) is 20.3. The Morgan fingerprint density at radius 2 is 1.33 bits per heavy atom. The van der Waals surface area contributed by atoms with Crippen molar-refractivity contribution in [3.8, 4) is 0 Å². The topological polar surface area (TPSA) is 0 Å². The zero-order valence-corrected chi connectivity index (χ0v) is 14.1. The summed E-state index contributed by atoms with van der Waals surface area (Å²) in [7, 11) is 0. The van der Waals surface area contributed by atoms with Crippen molar-refractivity contribution in [1.29, 1.82) is 0 Å². The van der Waals surface area contributed by atoms with Gasteiger partial charge in [0.15, 0.2) is 0 Å². The summed E-state index contributed by atoms with van der Waals surface area (Å²) >= 11 is -2.04. The Bertz CT molecular complexity index is 720. The molecule has 0 unspecified atom stereocenters. The van der Waals surface area contributed by atoms with E-state index < -0.39 is 18.4 Å². The predicted molar refractivity (Wildman–Crippen MR) is 84.4 cm³/mol. The average Bonchev–Trinajstić information content (AvgIpc) is 2.36. The van der Waals surface area contributed by atoms with Gasteiger partial charge in [0.05, 0.1) is 0 Å². The van der Waals surface area contributed by atoms with Gasteiger partial charge in [-0.25, -0.2) is 0 Å². The summed E-state index contributed by atoms with van der Waals surface area (Å²) in [6.45, 7) is 0. The average molecular weight is 341 g/mol. The van der Waals surface area contributed by atoms with Crippen molar-refractivity contribution in [2.75, 3.05) is 0 Å². The quantitative estimate of drug-likeness (QED) is 0.450. The predicted octanol–water partition coefficient (Wildman–Crippen LogP) is 4.54. The normalized spacial score (nSPS) is 12.2. The van der Waals surface area contributed by atoms with E-state index in [9.17, 15) is 0 Å². The van der Waals surface area contributed by atoms with Gasteiger partial charge in [-0.1, -0.05) is 0 Å². The Morgan fingerprint density at radius 3 is 2.11 bits per heavy atom. The van der Waals surface area contributed by atoms with Crippen LogP contribution in [0.3, 0.4) is 0 Å². The summed E-state index contributed by atoms with van der Waals surface area (Å²) in [6.07, 6.45) is 0. The molecule has 18 heavy (non-hydrogen) atoms. The molecule has 0 bridgehead atoms. The molecular weight excluding hydrogens is 323 g/mol. The minimum atomic E-state index is -2.04. The SMILES string of the molecule is [CH3][Sn]([CH3])([CH3])[c]1cccc2c1ccc1ccccc12. The van der Waals surface area contributed by atoms with Crippen LogP contribution < -0.4 is 3.58 Å². The van der Waals surface area contributed by atoms with Crippen LogP contribution in [-0.4, -0.2) is 18.4 Å². The van der Waals surface area contributed by atoms with Gasteiger partial charge in [-0.15, -0.1) is 0 Å². The molecule has 0 aliphatic rings. The number of rotatable bonds is 1. The molecule has 0 heterocycles. The summed E-state index contributed by atoms with van der Waals surface area (Å²) < 4.78 is 1.63. The van der Waals surface area contributed by atoms with E-state index in [1.54, 1.807) is 3.58 Å². The van der Waals surface area contributed by atoms with Gasteiger partial charge in [0.2, 0.25) is 0 Å². The van der Waals surface area contributed by atoms with Crippen LogP contribution in [0.15, 0.2) is 54.6 Å². The molecule has 0 aliphatic heterocycles. The first-order valence-electron chi connectivity index (χ1n) is 6.48. The molecule has 0 amide bonds. The Kier molecular flexibility index (Phi) is 2.85. The number of fused-ring (bicyclic) bond motifs is 3. The van der Waals surface area contributed by atoms with Gasteiger partial charge in [0.25, 0.3) is 0 Å². The Labute approximate surface area is 113 Å². The van der Waals surface area contributed by atoms with Crippen LogP contribution in [0.5, 0.6) is 0 Å². The van der Waals surface area contributed by atoms with Gasteiger partial charge < -0.3 is 0 Å². The molecule has 3 aromatic rings. The van der Waals surface area contributed by atoms with Crippen LogP contribution in [0.25, 0.3) is 21.5 Å². The minimum absolute atomic E-state index is 1.34. The molecule has 3 aromatic carbocycles. The number of benzene rings is 3. The van der Waals surface area contributed by atoms with Crippen LogP contribution >= 0.6 is 0 Å². The molecule has 0 aliphatic carbocycles. The van der Waals surface area contributed by atoms with E-state index in [2.05, 4.69) is 69.4 Å². The molecule has 0 fully saturated rings. The molecule has 3 rings (SSSR count). The summed E-state index contributed by atoms with van der Waals surface area (Å²) in [6, 6.07) is 20.1. The van der Waals surface area contributed by atoms with Crippen molar-refractivity contribution in [3.63, 3.8) is 0 Å². The van der Waals surface area contributed by atoms with E-state index in [1.807, 2.05) is 0 Å². The molecule has 90 valence electrons. The van der Waals surface area contributed by atoms with Crippen LogP contribution in [0, 0.1) is 0 Å². The van der Waals surface area contributed by atoms with Gasteiger partial charge in [-0.2, -0.15) is 0 Å². The molecule has 0 saturated heterocycles. The third-order valence-corrected chi connectivity index (χ3v) is 9.45. The first kappa shape index (κ1) is 12.0. The fraction of sp³-hybridized carbons (Fsp3) is 0.176. The molecule has 0 aromatic heterocycles. The molecule has 0 nitrogen and oxygen atoms in total. The first-order chi connectivity index (χ1) is 8.57. The second kappa shape index (κ2) is 4.27. The molecule has 1 heteroatoms. The fourth-order valence-electron chi connectivity index (χ4n) is 2.69. The fourth-order valence-corrected chi connectivity index (χ4v) is 7.32. The summed E-state index contributed by atoms with van der Waals surface area (Å²) in [5, 5.41) is 5.61. The van der Waals surface area contributed by atoms with Crippen LogP contribution in [0.4, 0.5) is 0 Å². The zero-order chi connectivity index (χ0) is 12.8. The van der Waals surface area contributed by atoms with Gasteiger partial charge in [0.1, 0.15) is 0 Å². The summed E-state index contributed by atoms with van der Waals surface area (Å²) in [4.78, 5) is 7.45. The van der Waals surface area contributed by atoms with E-state index in [1.165, 1.54) is 21.5 Å². The maximum absolute atomic E-state index is 2.48. The second-order valence-electron chi connectivity index (χ2n) is 5.94. The Hall–Kier alpha value is -1.02. The van der Waals surface area contributed by atoms with Gasteiger partial charge in [-0.05, 0) is 0 Å². The van der Waals surface area contributed by atoms with Crippen molar-refractivity contribution >= 4 is 43.5 Å². The van der Waals surface area contributed by atoms with Crippen LogP contribution in [0.1, 0.15) is 0 Å². The van der Waals surface area contributed by atoms with Crippen molar-refractivity contribution < 1.29 is 0 Å². The molecular formula is C17H18Sn. The van der Waals surface area contributed by atoms with E-state index in [0.29, 0.717) is 0 Å². The third-order valence-electron chi connectivity index (χ3n) is 3.59.